The molecular formula is C11H12N2O3. The number of aryl methyl sites for hydroxylation is 1. The number of aromatic nitrogens is 1. The van der Waals surface area contributed by atoms with Gasteiger partial charge in [0.15, 0.2) is 5.69 Å². The Hall–Kier alpha value is -2.04. The lowest BCUT2D eigenvalue weighted by Gasteiger charge is -2.00. The van der Waals surface area contributed by atoms with Gasteiger partial charge in [-0.3, -0.25) is 4.79 Å². The van der Waals surface area contributed by atoms with Crippen molar-refractivity contribution in [2.45, 2.75) is 13.3 Å². The van der Waals surface area contributed by atoms with Crippen molar-refractivity contribution >= 4 is 5.91 Å². The van der Waals surface area contributed by atoms with E-state index >= 15 is 0 Å². The molecular weight excluding hydrogens is 208 g/mol. The zero-order valence-corrected chi connectivity index (χ0v) is 8.90. The van der Waals surface area contributed by atoms with Crippen LogP contribution in [0.5, 0.6) is 0 Å². The van der Waals surface area contributed by atoms with Gasteiger partial charge in [-0.1, -0.05) is 5.16 Å². The number of hydrogen-bond acceptors (Lipinski definition) is 4. The highest BCUT2D eigenvalue weighted by Crippen LogP contribution is 2.02. The molecule has 0 aliphatic rings. The molecule has 16 heavy (non-hydrogen) atoms. The van der Waals surface area contributed by atoms with Crippen LogP contribution in [-0.2, 0) is 6.42 Å². The second-order valence-electron chi connectivity index (χ2n) is 3.46. The highest BCUT2D eigenvalue weighted by atomic mass is 16.5. The van der Waals surface area contributed by atoms with Crippen molar-refractivity contribution in [3.8, 4) is 0 Å². The number of hydrogen-bond donors (Lipinski definition) is 1. The van der Waals surface area contributed by atoms with Gasteiger partial charge in [-0.05, 0) is 25.0 Å². The first-order valence-electron chi connectivity index (χ1n) is 4.98. The summed E-state index contributed by atoms with van der Waals surface area (Å²) in [6.45, 7) is 2.29. The minimum Gasteiger partial charge on any atom is -0.472 e. The predicted octanol–water partition coefficient (Wildman–Crippen LogP) is 1.55. The van der Waals surface area contributed by atoms with Gasteiger partial charge < -0.3 is 14.3 Å². The van der Waals surface area contributed by atoms with Crippen LogP contribution in [0.4, 0.5) is 0 Å². The van der Waals surface area contributed by atoms with Gasteiger partial charge in [0.1, 0.15) is 5.76 Å². The Morgan fingerprint density at radius 2 is 2.44 bits per heavy atom. The summed E-state index contributed by atoms with van der Waals surface area (Å²) >= 11 is 0. The number of carbonyl (C=O) groups excluding carboxylic acids is 1. The standard InChI is InChI=1S/C11H12N2O3/c1-8-6-10(13-16-8)11(14)12-4-2-9-3-5-15-7-9/h3,5-7H,2,4H2,1H3,(H,12,14). The normalized spacial score (nSPS) is 10.3. The number of furan rings is 1. The first-order valence-corrected chi connectivity index (χ1v) is 4.98. The van der Waals surface area contributed by atoms with Crippen LogP contribution < -0.4 is 5.32 Å². The fourth-order valence-electron chi connectivity index (χ4n) is 1.32. The number of nitrogens with one attached hydrogen (secondary N) is 1. The van der Waals surface area contributed by atoms with Crippen LogP contribution in [0.1, 0.15) is 21.8 Å². The van der Waals surface area contributed by atoms with Crippen molar-refractivity contribution < 1.29 is 13.7 Å². The van der Waals surface area contributed by atoms with E-state index in [1.54, 1.807) is 25.5 Å². The molecule has 5 nitrogen and oxygen atoms in total. The first-order chi connectivity index (χ1) is 7.75. The molecule has 0 spiro atoms. The van der Waals surface area contributed by atoms with Crippen molar-refractivity contribution in [1.29, 1.82) is 0 Å². The van der Waals surface area contributed by atoms with Crippen molar-refractivity contribution in [2.75, 3.05) is 6.54 Å². The summed E-state index contributed by atoms with van der Waals surface area (Å²) in [4.78, 5) is 11.5. The molecule has 0 fully saturated rings. The van der Waals surface area contributed by atoms with Crippen LogP contribution in [0.3, 0.4) is 0 Å². The van der Waals surface area contributed by atoms with E-state index in [9.17, 15) is 4.79 Å². The summed E-state index contributed by atoms with van der Waals surface area (Å²) in [6.07, 6.45) is 4.00. The number of carbonyl (C=O) groups is 1. The second-order valence-corrected chi connectivity index (χ2v) is 3.46. The topological polar surface area (TPSA) is 68.3 Å². The smallest absolute Gasteiger partial charge is 0.273 e. The lowest BCUT2D eigenvalue weighted by molar-refractivity contribution is 0.0945. The average Bonchev–Trinajstić information content (AvgIpc) is 2.89. The molecule has 0 atom stereocenters. The Kier molecular flexibility index (Phi) is 3.05. The minimum atomic E-state index is -0.222. The molecule has 5 heteroatoms. The SMILES string of the molecule is Cc1cc(C(=O)NCCc2ccoc2)no1. The summed E-state index contributed by atoms with van der Waals surface area (Å²) in [5.74, 6) is 0.403. The highest BCUT2D eigenvalue weighted by molar-refractivity contribution is 5.92. The molecule has 0 saturated heterocycles. The van der Waals surface area contributed by atoms with Crippen molar-refractivity contribution in [3.05, 3.63) is 41.7 Å². The third-order valence-electron chi connectivity index (χ3n) is 2.14. The minimum absolute atomic E-state index is 0.222. The molecule has 1 N–H and O–H groups in total. The maximum atomic E-state index is 11.5. The fraction of sp³-hybridized carbons (Fsp3) is 0.273. The van der Waals surface area contributed by atoms with Crippen LogP contribution in [-0.4, -0.2) is 17.6 Å². The number of amides is 1. The Labute approximate surface area is 92.4 Å². The van der Waals surface area contributed by atoms with E-state index in [0.717, 1.165) is 12.0 Å². The average molecular weight is 220 g/mol. The van der Waals surface area contributed by atoms with Gasteiger partial charge in [0.05, 0.1) is 12.5 Å². The molecule has 0 radical (unpaired) electrons. The number of nitrogens with zero attached hydrogens (tertiary/aromatic N) is 1. The maximum absolute atomic E-state index is 11.5. The lowest BCUT2D eigenvalue weighted by Crippen LogP contribution is -2.25. The summed E-state index contributed by atoms with van der Waals surface area (Å²) in [7, 11) is 0. The molecule has 0 saturated carbocycles. The predicted molar refractivity (Wildman–Crippen MR) is 56.0 cm³/mol. The van der Waals surface area contributed by atoms with E-state index in [2.05, 4.69) is 10.5 Å². The Morgan fingerprint density at radius 3 is 3.06 bits per heavy atom. The highest BCUT2D eigenvalue weighted by Gasteiger charge is 2.09. The molecule has 2 aromatic heterocycles. The van der Waals surface area contributed by atoms with E-state index < -0.39 is 0 Å². The zero-order chi connectivity index (χ0) is 11.4. The summed E-state index contributed by atoms with van der Waals surface area (Å²) in [5.41, 5.74) is 1.36. The Bertz CT molecular complexity index is 459. The monoisotopic (exact) mass is 220 g/mol. The van der Waals surface area contributed by atoms with E-state index in [1.165, 1.54) is 0 Å². The molecule has 0 bridgehead atoms. The molecule has 0 unspecified atom stereocenters. The first kappa shape index (κ1) is 10.5. The maximum Gasteiger partial charge on any atom is 0.273 e. The van der Waals surface area contributed by atoms with Gasteiger partial charge in [0.2, 0.25) is 0 Å². The molecule has 84 valence electrons. The van der Waals surface area contributed by atoms with Gasteiger partial charge in [0.25, 0.3) is 5.91 Å². The van der Waals surface area contributed by atoms with Gasteiger partial charge in [0, 0.05) is 12.6 Å². The van der Waals surface area contributed by atoms with E-state index in [-0.39, 0.29) is 5.91 Å². The molecule has 2 aromatic rings. The van der Waals surface area contributed by atoms with Crippen LogP contribution in [0.2, 0.25) is 0 Å². The fourth-order valence-corrected chi connectivity index (χ4v) is 1.32. The van der Waals surface area contributed by atoms with Gasteiger partial charge >= 0.3 is 0 Å². The van der Waals surface area contributed by atoms with Crippen LogP contribution in [0.25, 0.3) is 0 Å². The van der Waals surface area contributed by atoms with Gasteiger partial charge in [-0.15, -0.1) is 0 Å². The van der Waals surface area contributed by atoms with Crippen molar-refractivity contribution in [1.82, 2.24) is 10.5 Å². The lowest BCUT2D eigenvalue weighted by atomic mass is 10.2. The summed E-state index contributed by atoms with van der Waals surface area (Å²) < 4.78 is 9.73. The largest absolute Gasteiger partial charge is 0.472 e. The number of rotatable bonds is 4. The molecule has 1 amide bonds. The Morgan fingerprint density at radius 1 is 1.56 bits per heavy atom. The van der Waals surface area contributed by atoms with Gasteiger partial charge in [-0.25, -0.2) is 0 Å². The third-order valence-corrected chi connectivity index (χ3v) is 2.14. The van der Waals surface area contributed by atoms with E-state index in [0.29, 0.717) is 18.0 Å². The van der Waals surface area contributed by atoms with Crippen LogP contribution in [0, 0.1) is 6.92 Å². The van der Waals surface area contributed by atoms with E-state index in [1.807, 2.05) is 6.07 Å². The third kappa shape index (κ3) is 2.50. The zero-order valence-electron chi connectivity index (χ0n) is 8.90. The summed E-state index contributed by atoms with van der Waals surface area (Å²) in [5, 5.41) is 6.37. The summed E-state index contributed by atoms with van der Waals surface area (Å²) in [6, 6.07) is 3.47. The van der Waals surface area contributed by atoms with Crippen LogP contribution >= 0.6 is 0 Å². The van der Waals surface area contributed by atoms with Crippen molar-refractivity contribution in [3.63, 3.8) is 0 Å². The second kappa shape index (κ2) is 4.65. The molecule has 0 aliphatic heterocycles. The van der Waals surface area contributed by atoms with Gasteiger partial charge in [-0.2, -0.15) is 0 Å². The van der Waals surface area contributed by atoms with Crippen LogP contribution in [0.15, 0.2) is 33.6 Å². The molecule has 2 rings (SSSR count). The molecule has 0 aromatic carbocycles. The van der Waals surface area contributed by atoms with E-state index in [4.69, 9.17) is 8.94 Å². The molecule has 2 heterocycles. The van der Waals surface area contributed by atoms with Crippen molar-refractivity contribution in [2.24, 2.45) is 0 Å². The Balaban J connectivity index is 1.80. The molecule has 0 aliphatic carbocycles. The quantitative estimate of drug-likeness (QED) is 0.848.